The van der Waals surface area contributed by atoms with Gasteiger partial charge >= 0.3 is 162 Å². The third-order valence-electron chi connectivity index (χ3n) is 6.22. The second-order valence-electron chi connectivity index (χ2n) is 8.37. The molecule has 0 heterocycles. The van der Waals surface area contributed by atoms with E-state index in [4.69, 9.17) is 10.2 Å². The zero-order valence-electron chi connectivity index (χ0n) is 20.1. The molecule has 0 aromatic heterocycles. The van der Waals surface area contributed by atoms with E-state index < -0.39 is 19.2 Å². The summed E-state index contributed by atoms with van der Waals surface area (Å²) in [6.07, 6.45) is 0. The summed E-state index contributed by atoms with van der Waals surface area (Å²) in [5.74, 6) is -2.46. The Labute approximate surface area is 216 Å². The van der Waals surface area contributed by atoms with Gasteiger partial charge in [-0.15, -0.1) is 0 Å². The number of benzene rings is 5. The fourth-order valence-corrected chi connectivity index (χ4v) is 9.38. The molecule has 0 radical (unpaired) electrons. The number of hydrogen-bond donors (Lipinski definition) is 2. The maximum absolute atomic E-state index is 10.5. The number of aromatic carboxylic acids is 2. The molecular weight excluding hydrogens is 479 g/mol. The molecule has 0 aliphatic heterocycles. The van der Waals surface area contributed by atoms with Crippen molar-refractivity contribution < 1.29 is 19.8 Å². The molecule has 0 fully saturated rings. The Kier molecular flexibility index (Phi) is 8.25. The molecule has 2 N–H and O–H groups in total. The van der Waals surface area contributed by atoms with Gasteiger partial charge in [0.05, 0.1) is 11.1 Å². The minimum atomic E-state index is -2.30. The summed E-state index contributed by atoms with van der Waals surface area (Å²) in [6, 6.07) is 49.5. The summed E-state index contributed by atoms with van der Waals surface area (Å²) in [5, 5.41) is 22.8. The first-order valence-electron chi connectivity index (χ1n) is 11.8. The van der Waals surface area contributed by atoms with Gasteiger partial charge in [0.15, 0.2) is 0 Å². The maximum atomic E-state index is 10.5. The number of carboxylic acids is 2. The molecule has 0 bridgehead atoms. The van der Waals surface area contributed by atoms with Crippen molar-refractivity contribution in [1.82, 2.24) is 0 Å². The molecule has 184 valence electrons. The van der Waals surface area contributed by atoms with Crippen molar-refractivity contribution >= 4 is 40.4 Å². The molecule has 5 aromatic rings. The molecule has 0 saturated carbocycles. The fourth-order valence-electron chi connectivity index (χ4n) is 4.61. The first-order valence-corrected chi connectivity index (χ1v) is 13.8. The van der Waals surface area contributed by atoms with Crippen molar-refractivity contribution in [1.29, 1.82) is 0 Å². The predicted octanol–water partition coefficient (Wildman–Crippen LogP) is 5.12. The molecule has 0 unspecified atom stereocenters. The Bertz CT molecular complexity index is 1260. The van der Waals surface area contributed by atoms with Gasteiger partial charge in [0, 0.05) is 0 Å². The minimum absolute atomic E-state index is 0.190. The van der Waals surface area contributed by atoms with Gasteiger partial charge in [-0.05, 0) is 12.1 Å². The summed E-state index contributed by atoms with van der Waals surface area (Å²) in [5.41, 5.74) is -0.380. The van der Waals surface area contributed by atoms with Crippen molar-refractivity contribution in [3.63, 3.8) is 0 Å². The van der Waals surface area contributed by atoms with Gasteiger partial charge in [-0.1, -0.05) is 12.1 Å². The van der Waals surface area contributed by atoms with Crippen LogP contribution in [-0.2, 0) is 0 Å². The molecular formula is C32H27O4P. The Morgan fingerprint density at radius 3 is 0.811 bits per heavy atom. The molecule has 4 nitrogen and oxygen atoms in total. The number of rotatable bonds is 6. The van der Waals surface area contributed by atoms with Crippen LogP contribution in [0.2, 0.25) is 0 Å². The van der Waals surface area contributed by atoms with E-state index in [1.807, 2.05) is 0 Å². The van der Waals surface area contributed by atoms with Crippen molar-refractivity contribution in [3.05, 3.63) is 157 Å². The van der Waals surface area contributed by atoms with Crippen molar-refractivity contribution in [2.24, 2.45) is 0 Å². The second-order valence-corrected chi connectivity index (χ2v) is 12.2. The summed E-state index contributed by atoms with van der Waals surface area (Å²) >= 11 is 0. The molecule has 0 amide bonds. The summed E-state index contributed by atoms with van der Waals surface area (Å²) in [7, 11) is -2.30. The normalized spacial score (nSPS) is 11.0. The summed E-state index contributed by atoms with van der Waals surface area (Å²) in [4.78, 5) is 20.9. The molecule has 37 heavy (non-hydrogen) atoms. The van der Waals surface area contributed by atoms with Crippen LogP contribution in [0.3, 0.4) is 0 Å². The van der Waals surface area contributed by atoms with E-state index in [0.717, 1.165) is 0 Å². The third-order valence-corrected chi connectivity index (χ3v) is 11.0. The van der Waals surface area contributed by atoms with Crippen LogP contribution in [0.15, 0.2) is 146 Å². The van der Waals surface area contributed by atoms with Gasteiger partial charge in [0.25, 0.3) is 0 Å². The molecule has 5 aromatic carbocycles. The van der Waals surface area contributed by atoms with E-state index in [1.165, 1.54) is 45.5 Å². The van der Waals surface area contributed by atoms with E-state index in [1.54, 1.807) is 0 Å². The Balaban J connectivity index is 0.000000225. The van der Waals surface area contributed by atoms with Crippen molar-refractivity contribution in [2.75, 3.05) is 0 Å². The van der Waals surface area contributed by atoms with Crippen LogP contribution >= 0.6 is 7.26 Å². The van der Waals surface area contributed by atoms with Crippen LogP contribution in [-0.4, -0.2) is 22.2 Å². The van der Waals surface area contributed by atoms with Gasteiger partial charge in [-0.25, -0.2) is 9.59 Å². The Hall–Kier alpha value is -4.53. The summed E-state index contributed by atoms with van der Waals surface area (Å²) < 4.78 is 0. The number of carbonyl (C=O) groups is 2. The van der Waals surface area contributed by atoms with Gasteiger partial charge < -0.3 is 10.2 Å². The Morgan fingerprint density at radius 1 is 0.378 bits per heavy atom. The first-order chi connectivity index (χ1) is 18.0. The fraction of sp³-hybridized carbons (Fsp3) is 0. The first kappa shape index (κ1) is 25.6. The molecule has 5 heteroatoms. The quantitative estimate of drug-likeness (QED) is 0.314. The van der Waals surface area contributed by atoms with E-state index in [2.05, 4.69) is 121 Å². The van der Waals surface area contributed by atoms with Gasteiger partial charge in [-0.3, -0.25) is 0 Å². The van der Waals surface area contributed by atoms with Crippen LogP contribution < -0.4 is 21.2 Å². The zero-order chi connectivity index (χ0) is 26.1. The van der Waals surface area contributed by atoms with Crippen LogP contribution in [0.25, 0.3) is 0 Å². The molecule has 0 spiro atoms. The SMILES string of the molecule is O=C(O)c1ccccc1C(=O)O.c1ccc([PH](c2ccccc2)(c2ccccc2)c2ccccc2)cc1. The van der Waals surface area contributed by atoms with Gasteiger partial charge in [0.2, 0.25) is 0 Å². The van der Waals surface area contributed by atoms with Crippen molar-refractivity contribution in [3.8, 4) is 0 Å². The average Bonchev–Trinajstić information content (AvgIpc) is 2.96. The average molecular weight is 507 g/mol. The van der Waals surface area contributed by atoms with E-state index in [-0.39, 0.29) is 11.1 Å². The van der Waals surface area contributed by atoms with Crippen LogP contribution in [0.5, 0.6) is 0 Å². The number of carboxylic acid groups (broad SMARTS) is 2. The van der Waals surface area contributed by atoms with Crippen LogP contribution in [0.1, 0.15) is 20.7 Å². The summed E-state index contributed by atoms with van der Waals surface area (Å²) in [6.45, 7) is 0. The molecule has 0 aliphatic rings. The van der Waals surface area contributed by atoms with Gasteiger partial charge in [0.1, 0.15) is 0 Å². The zero-order valence-corrected chi connectivity index (χ0v) is 21.1. The monoisotopic (exact) mass is 506 g/mol. The van der Waals surface area contributed by atoms with E-state index >= 15 is 0 Å². The van der Waals surface area contributed by atoms with Crippen molar-refractivity contribution in [2.45, 2.75) is 0 Å². The molecule has 5 rings (SSSR count). The Morgan fingerprint density at radius 2 is 0.595 bits per heavy atom. The van der Waals surface area contributed by atoms with E-state index in [9.17, 15) is 9.59 Å². The van der Waals surface area contributed by atoms with Crippen LogP contribution in [0.4, 0.5) is 0 Å². The number of hydrogen-bond acceptors (Lipinski definition) is 2. The van der Waals surface area contributed by atoms with E-state index in [0.29, 0.717) is 0 Å². The molecule has 0 saturated heterocycles. The predicted molar refractivity (Wildman–Crippen MR) is 153 cm³/mol. The second kappa shape index (κ2) is 11.9. The van der Waals surface area contributed by atoms with Crippen LogP contribution in [0, 0.1) is 0 Å². The standard InChI is InChI=1S/C24H21P.C8H6O4/c1-5-13-21(14-6-1)25(22-15-7-2-8-16-22,23-17-9-3-10-18-23)24-19-11-4-12-20-24;9-7(10)5-3-1-2-4-6(5)8(11)12/h1-20,25H;1-4H,(H,9,10)(H,11,12). The topological polar surface area (TPSA) is 74.6 Å². The van der Waals surface area contributed by atoms with Gasteiger partial charge in [-0.2, -0.15) is 0 Å². The molecule has 0 aliphatic carbocycles. The molecule has 0 atom stereocenters. The third kappa shape index (κ3) is 5.50.